The fourth-order valence-corrected chi connectivity index (χ4v) is 2.93. The van der Waals surface area contributed by atoms with Crippen LogP contribution in [0.4, 0.5) is 24.7 Å². The first-order valence-corrected chi connectivity index (χ1v) is 9.82. The van der Waals surface area contributed by atoms with Gasteiger partial charge < -0.3 is 15.0 Å². The van der Waals surface area contributed by atoms with Crippen molar-refractivity contribution in [3.63, 3.8) is 0 Å². The van der Waals surface area contributed by atoms with Crippen molar-refractivity contribution >= 4 is 23.4 Å². The lowest BCUT2D eigenvalue weighted by molar-refractivity contribution is -0.137. The van der Waals surface area contributed by atoms with Crippen LogP contribution >= 0.6 is 0 Å². The number of nitrogens with zero attached hydrogens (tertiary/aromatic N) is 3. The van der Waals surface area contributed by atoms with Gasteiger partial charge in [-0.1, -0.05) is 12.1 Å². The van der Waals surface area contributed by atoms with Crippen molar-refractivity contribution in [2.24, 2.45) is 0 Å². The zero-order valence-corrected chi connectivity index (χ0v) is 18.1. The molecule has 172 valence electrons. The number of carbonyl (C=O) groups excluding carboxylic acids is 2. The molecule has 0 radical (unpaired) electrons. The number of anilines is 2. The summed E-state index contributed by atoms with van der Waals surface area (Å²) in [4.78, 5) is 33.9. The molecule has 0 bridgehead atoms. The zero-order valence-electron chi connectivity index (χ0n) is 18.1. The van der Waals surface area contributed by atoms with E-state index in [0.29, 0.717) is 23.8 Å². The second kappa shape index (κ2) is 9.68. The monoisotopic (exact) mass is 458 g/mol. The minimum atomic E-state index is -4.46. The second-order valence-corrected chi connectivity index (χ2v) is 7.37. The summed E-state index contributed by atoms with van der Waals surface area (Å²) in [6.07, 6.45) is -2.62. The van der Waals surface area contributed by atoms with E-state index in [9.17, 15) is 22.8 Å². The number of esters is 1. The summed E-state index contributed by atoms with van der Waals surface area (Å²) in [5.74, 6) is 0.254. The Morgan fingerprint density at radius 1 is 1.03 bits per heavy atom. The maximum absolute atomic E-state index is 12.7. The normalized spacial score (nSPS) is 11.1. The first kappa shape index (κ1) is 23.7. The Morgan fingerprint density at radius 3 is 2.21 bits per heavy atom. The number of hydrogen-bond acceptors (Lipinski definition) is 6. The lowest BCUT2D eigenvalue weighted by atomic mass is 10.1. The summed E-state index contributed by atoms with van der Waals surface area (Å²) in [7, 11) is 3.54. The van der Waals surface area contributed by atoms with Gasteiger partial charge in [0.2, 0.25) is 0 Å². The van der Waals surface area contributed by atoms with E-state index >= 15 is 0 Å². The molecule has 1 heterocycles. The van der Waals surface area contributed by atoms with Gasteiger partial charge in [-0.25, -0.2) is 9.97 Å². The van der Waals surface area contributed by atoms with Crippen LogP contribution in [0.2, 0.25) is 0 Å². The van der Waals surface area contributed by atoms with E-state index in [4.69, 9.17) is 4.74 Å². The van der Waals surface area contributed by atoms with Gasteiger partial charge in [0.05, 0.1) is 11.8 Å². The average Bonchev–Trinajstić information content (AvgIpc) is 2.75. The number of halogens is 3. The van der Waals surface area contributed by atoms with Gasteiger partial charge >= 0.3 is 12.1 Å². The standard InChI is InChI=1S/C23H21F3N4O3/c1-14(31)33-19-13-27-20(29-21(19)30(2)3)12-15-4-10-18(11-5-15)28-22(32)16-6-8-17(9-7-16)23(24,25)26/h4-11,13H,12H2,1-3H3,(H,28,32). The van der Waals surface area contributed by atoms with Crippen LogP contribution in [0.25, 0.3) is 0 Å². The summed E-state index contributed by atoms with van der Waals surface area (Å²) in [6, 6.07) is 10.9. The number of carbonyl (C=O) groups is 2. The zero-order chi connectivity index (χ0) is 24.2. The van der Waals surface area contributed by atoms with Crippen LogP contribution in [0.15, 0.2) is 54.7 Å². The first-order chi connectivity index (χ1) is 15.5. The molecule has 10 heteroatoms. The van der Waals surface area contributed by atoms with Gasteiger partial charge in [0.15, 0.2) is 11.6 Å². The van der Waals surface area contributed by atoms with Gasteiger partial charge in [-0.3, -0.25) is 9.59 Å². The highest BCUT2D eigenvalue weighted by atomic mass is 19.4. The molecule has 3 aromatic rings. The van der Waals surface area contributed by atoms with Crippen molar-refractivity contribution in [3.05, 3.63) is 77.2 Å². The highest BCUT2D eigenvalue weighted by Crippen LogP contribution is 2.29. The van der Waals surface area contributed by atoms with Crippen molar-refractivity contribution < 1.29 is 27.5 Å². The molecule has 0 fully saturated rings. The molecule has 1 amide bonds. The van der Waals surface area contributed by atoms with Crippen LogP contribution in [-0.4, -0.2) is 35.9 Å². The van der Waals surface area contributed by atoms with Gasteiger partial charge in [0, 0.05) is 38.7 Å². The third-order valence-electron chi connectivity index (χ3n) is 4.51. The first-order valence-electron chi connectivity index (χ1n) is 9.82. The highest BCUT2D eigenvalue weighted by Gasteiger charge is 2.30. The van der Waals surface area contributed by atoms with Crippen LogP contribution in [0.1, 0.15) is 34.2 Å². The second-order valence-electron chi connectivity index (χ2n) is 7.37. The van der Waals surface area contributed by atoms with Crippen LogP contribution in [0.3, 0.4) is 0 Å². The molecular formula is C23H21F3N4O3. The Morgan fingerprint density at radius 2 is 1.67 bits per heavy atom. The third-order valence-corrected chi connectivity index (χ3v) is 4.51. The molecule has 3 rings (SSSR count). The van der Waals surface area contributed by atoms with Crippen molar-refractivity contribution in [1.29, 1.82) is 0 Å². The Balaban J connectivity index is 1.67. The minimum absolute atomic E-state index is 0.115. The van der Waals surface area contributed by atoms with Gasteiger partial charge in [-0.15, -0.1) is 0 Å². The fraction of sp³-hybridized carbons (Fsp3) is 0.217. The van der Waals surface area contributed by atoms with Crippen LogP contribution in [-0.2, 0) is 17.4 Å². The van der Waals surface area contributed by atoms with Gasteiger partial charge in [-0.05, 0) is 42.0 Å². The molecule has 0 aliphatic carbocycles. The lowest BCUT2D eigenvalue weighted by Crippen LogP contribution is -2.16. The molecule has 0 aliphatic heterocycles. The summed E-state index contributed by atoms with van der Waals surface area (Å²) in [6.45, 7) is 1.30. The Labute approximate surface area is 188 Å². The fourth-order valence-electron chi connectivity index (χ4n) is 2.93. The predicted molar refractivity (Wildman–Crippen MR) is 116 cm³/mol. The van der Waals surface area contributed by atoms with Crippen molar-refractivity contribution in [1.82, 2.24) is 9.97 Å². The molecule has 0 saturated heterocycles. The van der Waals surface area contributed by atoms with Crippen LogP contribution in [0.5, 0.6) is 5.75 Å². The molecule has 33 heavy (non-hydrogen) atoms. The SMILES string of the molecule is CC(=O)Oc1cnc(Cc2ccc(NC(=O)c3ccc(C(F)(F)F)cc3)cc2)nc1N(C)C. The van der Waals surface area contributed by atoms with E-state index in [1.807, 2.05) is 0 Å². The number of hydrogen-bond donors (Lipinski definition) is 1. The van der Waals surface area contributed by atoms with Crippen molar-refractivity contribution in [2.75, 3.05) is 24.3 Å². The van der Waals surface area contributed by atoms with Gasteiger partial charge in [0.1, 0.15) is 5.82 Å². The molecule has 0 aliphatic rings. The Kier molecular flexibility index (Phi) is 6.95. The number of nitrogens with one attached hydrogen (secondary N) is 1. The number of aromatic nitrogens is 2. The molecule has 1 aromatic heterocycles. The molecule has 0 unspecified atom stereocenters. The van der Waals surface area contributed by atoms with Gasteiger partial charge in [-0.2, -0.15) is 13.2 Å². The van der Waals surface area contributed by atoms with Crippen molar-refractivity contribution in [2.45, 2.75) is 19.5 Å². The summed E-state index contributed by atoms with van der Waals surface area (Å²) >= 11 is 0. The van der Waals surface area contributed by atoms with Crippen molar-refractivity contribution in [3.8, 4) is 5.75 Å². The maximum atomic E-state index is 12.7. The van der Waals surface area contributed by atoms with E-state index in [1.165, 1.54) is 13.1 Å². The minimum Gasteiger partial charge on any atom is -0.421 e. The number of amides is 1. The molecular weight excluding hydrogens is 437 g/mol. The summed E-state index contributed by atoms with van der Waals surface area (Å²) < 4.78 is 43.1. The maximum Gasteiger partial charge on any atom is 0.416 e. The molecule has 0 atom stereocenters. The number of rotatable bonds is 6. The van der Waals surface area contributed by atoms with Gasteiger partial charge in [0.25, 0.3) is 5.91 Å². The predicted octanol–water partition coefficient (Wildman–Crippen LogP) is 4.33. The van der Waals surface area contributed by atoms with E-state index in [2.05, 4.69) is 15.3 Å². The molecule has 0 spiro atoms. The largest absolute Gasteiger partial charge is 0.421 e. The molecule has 2 aromatic carbocycles. The highest BCUT2D eigenvalue weighted by molar-refractivity contribution is 6.04. The molecule has 7 nitrogen and oxygen atoms in total. The average molecular weight is 458 g/mol. The van der Waals surface area contributed by atoms with E-state index in [0.717, 1.165) is 29.8 Å². The Hall–Kier alpha value is -3.95. The number of benzene rings is 2. The summed E-state index contributed by atoms with van der Waals surface area (Å²) in [5.41, 5.74) is 0.657. The quantitative estimate of drug-likeness (QED) is 0.554. The third kappa shape index (κ3) is 6.28. The van der Waals surface area contributed by atoms with E-state index in [1.54, 1.807) is 43.3 Å². The topological polar surface area (TPSA) is 84.4 Å². The van der Waals surface area contributed by atoms with E-state index in [-0.39, 0.29) is 11.3 Å². The summed E-state index contributed by atoms with van der Waals surface area (Å²) in [5, 5.41) is 2.65. The van der Waals surface area contributed by atoms with Crippen LogP contribution in [0, 0.1) is 0 Å². The van der Waals surface area contributed by atoms with E-state index < -0.39 is 23.6 Å². The smallest absolute Gasteiger partial charge is 0.416 e. The number of alkyl halides is 3. The number of ether oxygens (including phenoxy) is 1. The molecule has 1 N–H and O–H groups in total. The van der Waals surface area contributed by atoms with Crippen LogP contribution < -0.4 is 15.0 Å². The molecule has 0 saturated carbocycles. The lowest BCUT2D eigenvalue weighted by Gasteiger charge is -2.16. The Bertz CT molecular complexity index is 1150.